The van der Waals surface area contributed by atoms with Crippen molar-refractivity contribution in [3.8, 4) is 55.6 Å². The van der Waals surface area contributed by atoms with Crippen molar-refractivity contribution in [3.05, 3.63) is 130 Å². The predicted octanol–water partition coefficient (Wildman–Crippen LogP) is 8.38. The molecule has 0 aromatic heterocycles. The van der Waals surface area contributed by atoms with Gasteiger partial charge < -0.3 is 18.9 Å². The minimum Gasteiger partial charge on any atom is -0.381 e. The average molecular weight is 845 g/mol. The molecule has 6 aromatic rings. The first-order valence-electron chi connectivity index (χ1n) is 24.0. The molecule has 4 saturated heterocycles. The fourth-order valence-corrected chi connectivity index (χ4v) is 11.8. The van der Waals surface area contributed by atoms with E-state index in [2.05, 4.69) is 139 Å². The van der Waals surface area contributed by atoms with Crippen LogP contribution >= 0.6 is 0 Å². The van der Waals surface area contributed by atoms with Gasteiger partial charge in [-0.05, 0) is 150 Å². The van der Waals surface area contributed by atoms with Gasteiger partial charge in [0.25, 0.3) is 0 Å². The quantitative estimate of drug-likeness (QED) is 0.164. The summed E-state index contributed by atoms with van der Waals surface area (Å²) < 4.78 is 19.8. The van der Waals surface area contributed by atoms with E-state index >= 15 is 0 Å². The van der Waals surface area contributed by atoms with Gasteiger partial charge >= 0.3 is 18.9 Å². The van der Waals surface area contributed by atoms with Crippen LogP contribution in [0.2, 0.25) is 0 Å². The molecule has 326 valence electrons. The van der Waals surface area contributed by atoms with E-state index < -0.39 is 6.15 Å². The molecule has 0 radical (unpaired) electrons. The summed E-state index contributed by atoms with van der Waals surface area (Å²) >= 11 is 0. The van der Waals surface area contributed by atoms with Crippen LogP contribution in [0.15, 0.2) is 97.1 Å². The SMILES string of the molecule is C1CCOC1.C1CCOC1.C1CCOC1.C1CCOC1.Cc1cc(C)c([B-]2(c3c(C)cc(C)cc3C)c3cc4c(cc3-c3cc5c(cc32)-c2ccccc2-5)-c2ccccc2-4)c(C)c1.[Li+]. The zero-order valence-corrected chi connectivity index (χ0v) is 39.8. The van der Waals surface area contributed by atoms with Gasteiger partial charge in [-0.1, -0.05) is 129 Å². The fourth-order valence-electron chi connectivity index (χ4n) is 11.8. The maximum atomic E-state index is 4.94. The molecule has 0 amide bonds. The molecule has 6 heteroatoms. The smallest absolute Gasteiger partial charge is 0.381 e. The third-order valence-corrected chi connectivity index (χ3v) is 14.3. The van der Waals surface area contributed by atoms with Crippen LogP contribution in [0.25, 0.3) is 55.6 Å². The van der Waals surface area contributed by atoms with Gasteiger partial charge in [-0.3, -0.25) is 0 Å². The maximum absolute atomic E-state index is 4.94. The molecule has 4 fully saturated rings. The molecule has 7 aliphatic rings. The molecule has 0 unspecified atom stereocenters. The molecule has 0 spiro atoms. The molecule has 0 bridgehead atoms. The summed E-state index contributed by atoms with van der Waals surface area (Å²) in [7, 11) is 0. The van der Waals surface area contributed by atoms with Gasteiger partial charge in [-0.25, -0.2) is 0 Å². The molecule has 5 aliphatic heterocycles. The Labute approximate surface area is 395 Å². The minimum atomic E-state index is -1.46. The second-order valence-electron chi connectivity index (χ2n) is 18.8. The van der Waals surface area contributed by atoms with Gasteiger partial charge in [0.05, 0.1) is 0 Å². The Morgan fingerprint density at radius 1 is 0.312 bits per heavy atom. The summed E-state index contributed by atoms with van der Waals surface area (Å²) in [6.07, 6.45) is 8.76. The van der Waals surface area contributed by atoms with Crippen molar-refractivity contribution in [1.82, 2.24) is 0 Å². The number of hydrogen-bond donors (Lipinski definition) is 0. The van der Waals surface area contributed by atoms with Crippen LogP contribution in [0.4, 0.5) is 0 Å². The first kappa shape index (κ1) is 46.4. The van der Waals surface area contributed by atoms with Gasteiger partial charge in [0.15, 0.2) is 0 Å². The zero-order valence-electron chi connectivity index (χ0n) is 39.8. The number of ether oxygens (including phenoxy) is 4. The second kappa shape index (κ2) is 20.6. The first-order chi connectivity index (χ1) is 30.8. The number of fused-ring (bicyclic) bond motifs is 11. The predicted molar refractivity (Wildman–Crippen MR) is 267 cm³/mol. The zero-order chi connectivity index (χ0) is 43.5. The monoisotopic (exact) mass is 845 g/mol. The van der Waals surface area contributed by atoms with E-state index in [0.717, 1.165) is 52.9 Å². The van der Waals surface area contributed by atoms with Crippen LogP contribution in [0, 0.1) is 41.5 Å². The Morgan fingerprint density at radius 2 is 0.562 bits per heavy atom. The Kier molecular flexibility index (Phi) is 14.9. The number of rotatable bonds is 2. The van der Waals surface area contributed by atoms with Gasteiger partial charge in [0.1, 0.15) is 6.15 Å². The summed E-state index contributed by atoms with van der Waals surface area (Å²) in [5.41, 5.74) is 28.1. The topological polar surface area (TPSA) is 36.9 Å². The largest absolute Gasteiger partial charge is 1.00 e. The van der Waals surface area contributed by atoms with Crippen molar-refractivity contribution in [2.24, 2.45) is 0 Å². The normalized spacial score (nSPS) is 16.9. The van der Waals surface area contributed by atoms with Crippen LogP contribution in [-0.4, -0.2) is 59.0 Å². The van der Waals surface area contributed by atoms with Gasteiger partial charge in [-0.15, -0.1) is 0 Å². The van der Waals surface area contributed by atoms with Crippen molar-refractivity contribution in [1.29, 1.82) is 0 Å². The van der Waals surface area contributed by atoms with Crippen LogP contribution < -0.4 is 40.7 Å². The third-order valence-electron chi connectivity index (χ3n) is 14.3. The summed E-state index contributed by atoms with van der Waals surface area (Å²) in [4.78, 5) is 0. The van der Waals surface area contributed by atoms with Crippen LogP contribution in [-0.2, 0) is 18.9 Å². The van der Waals surface area contributed by atoms with E-state index in [1.807, 2.05) is 0 Å². The van der Waals surface area contributed by atoms with Gasteiger partial charge in [-0.2, -0.15) is 21.9 Å². The van der Waals surface area contributed by atoms with E-state index in [0.29, 0.717) is 0 Å². The van der Waals surface area contributed by atoms with Crippen molar-refractivity contribution in [2.75, 3.05) is 52.9 Å². The van der Waals surface area contributed by atoms with Gasteiger partial charge in [0.2, 0.25) is 0 Å². The van der Waals surface area contributed by atoms with Crippen molar-refractivity contribution >= 4 is 28.0 Å². The van der Waals surface area contributed by atoms with E-state index in [1.54, 1.807) is 0 Å². The molecule has 5 heterocycles. The fraction of sp³-hybridized carbons (Fsp3) is 0.379. The Balaban J connectivity index is 0.000000218. The van der Waals surface area contributed by atoms with E-state index in [1.165, 1.54) is 162 Å². The summed E-state index contributed by atoms with van der Waals surface area (Å²) in [6.45, 7) is 21.9. The summed E-state index contributed by atoms with van der Waals surface area (Å²) in [6, 6.07) is 37.8. The van der Waals surface area contributed by atoms with Crippen molar-refractivity contribution < 1.29 is 37.8 Å². The minimum absolute atomic E-state index is 0. The number of hydrogen-bond acceptors (Lipinski definition) is 4. The Morgan fingerprint density at radius 3 is 0.797 bits per heavy atom. The molecule has 64 heavy (non-hydrogen) atoms. The molecule has 0 N–H and O–H groups in total. The molecular weight excluding hydrogens is 778 g/mol. The molecular formula is C58H66BLiO4. The Bertz CT molecular complexity index is 2340. The maximum Gasteiger partial charge on any atom is 1.00 e. The van der Waals surface area contributed by atoms with E-state index in [4.69, 9.17) is 18.9 Å². The standard InChI is InChI=1S/C42H34B.4C4H8O.Li/c1-23-15-25(3)41(26(4)16-23)43(42-27(5)17-24(2)18-28(42)6)39-21-35-31-13-9-7-11-29(31)33(35)19-37(39)38-20-34-30-12-8-10-14-32(30)36(34)22-40(38)43;4*1-2-4-5-3-1;/h7-22H,1-6H3;4*1-4H2;/q-1;;;;;+1. The van der Waals surface area contributed by atoms with Gasteiger partial charge in [0, 0.05) is 52.9 Å². The number of benzene rings is 6. The van der Waals surface area contributed by atoms with Crippen LogP contribution in [0.1, 0.15) is 84.7 Å². The first-order valence-corrected chi connectivity index (χ1v) is 24.0. The van der Waals surface area contributed by atoms with Crippen molar-refractivity contribution in [2.45, 2.75) is 92.9 Å². The third kappa shape index (κ3) is 8.78. The molecule has 2 aliphatic carbocycles. The van der Waals surface area contributed by atoms with E-state index in [-0.39, 0.29) is 18.9 Å². The molecule has 13 rings (SSSR count). The number of aryl methyl sites for hydroxylation is 6. The average Bonchev–Trinajstić information content (AvgIpc) is 4.14. The van der Waals surface area contributed by atoms with Crippen LogP contribution in [0.5, 0.6) is 0 Å². The Hall–Kier alpha value is -4.18. The second-order valence-corrected chi connectivity index (χ2v) is 18.8. The molecule has 0 atom stereocenters. The summed E-state index contributed by atoms with van der Waals surface area (Å²) in [5, 5.41) is 0. The molecule has 6 aromatic carbocycles. The van der Waals surface area contributed by atoms with Crippen LogP contribution in [0.3, 0.4) is 0 Å². The molecule has 4 nitrogen and oxygen atoms in total. The van der Waals surface area contributed by atoms with Crippen molar-refractivity contribution in [3.63, 3.8) is 0 Å². The summed E-state index contributed by atoms with van der Waals surface area (Å²) in [5.74, 6) is 0. The molecule has 0 saturated carbocycles. The van der Waals surface area contributed by atoms with E-state index in [9.17, 15) is 0 Å².